The summed E-state index contributed by atoms with van der Waals surface area (Å²) in [7, 11) is 0. The predicted octanol–water partition coefficient (Wildman–Crippen LogP) is 1.88. The van der Waals surface area contributed by atoms with Gasteiger partial charge in [0.1, 0.15) is 5.75 Å². The quantitative estimate of drug-likeness (QED) is 0.288. The van der Waals surface area contributed by atoms with Gasteiger partial charge in [0, 0.05) is 12.3 Å². The second kappa shape index (κ2) is 5.65. The maximum Gasteiger partial charge on any atom is 0.273 e. The van der Waals surface area contributed by atoms with Crippen LogP contribution in [0.3, 0.4) is 0 Å². The summed E-state index contributed by atoms with van der Waals surface area (Å²) in [6.07, 6.45) is 2.82. The van der Waals surface area contributed by atoms with Crippen LogP contribution in [0.4, 0.5) is 5.69 Å². The number of hydrogen-bond donors (Lipinski definition) is 2. The number of non-ortho nitro benzene ring substituents is 1. The molecule has 0 amide bonds. The average Bonchev–Trinajstić information content (AvgIpc) is 2.47. The molecule has 8 heteroatoms. The summed E-state index contributed by atoms with van der Waals surface area (Å²) in [4.78, 5) is 14.0. The topological polar surface area (TPSA) is 124 Å². The van der Waals surface area contributed by atoms with E-state index in [1.54, 1.807) is 6.07 Å². The minimum absolute atomic E-state index is 0.100. The molecule has 8 nitrogen and oxygen atoms in total. The first-order valence-corrected chi connectivity index (χ1v) is 5.46. The number of oxime groups is 1. The Labute approximate surface area is 113 Å². The van der Waals surface area contributed by atoms with Crippen molar-refractivity contribution in [2.45, 2.75) is 0 Å². The number of nitro benzene ring substituents is 1. The smallest absolute Gasteiger partial charge is 0.273 e. The highest BCUT2D eigenvalue weighted by Gasteiger charge is 2.11. The van der Waals surface area contributed by atoms with E-state index in [0.717, 1.165) is 0 Å². The van der Waals surface area contributed by atoms with Crippen molar-refractivity contribution >= 4 is 11.5 Å². The summed E-state index contributed by atoms with van der Waals surface area (Å²) in [6.45, 7) is 0. The predicted molar refractivity (Wildman–Crippen MR) is 69.9 cm³/mol. The molecule has 102 valence electrons. The van der Waals surface area contributed by atoms with E-state index >= 15 is 0 Å². The lowest BCUT2D eigenvalue weighted by molar-refractivity contribution is -0.384. The zero-order valence-corrected chi connectivity index (χ0v) is 10.1. The second-order valence-corrected chi connectivity index (χ2v) is 3.71. The van der Waals surface area contributed by atoms with Crippen molar-refractivity contribution in [1.82, 2.24) is 4.98 Å². The van der Waals surface area contributed by atoms with Crippen molar-refractivity contribution in [3.8, 4) is 11.5 Å². The summed E-state index contributed by atoms with van der Waals surface area (Å²) in [6, 6.07) is 7.16. The van der Waals surface area contributed by atoms with Gasteiger partial charge < -0.3 is 15.7 Å². The van der Waals surface area contributed by atoms with E-state index in [1.165, 1.54) is 36.7 Å². The monoisotopic (exact) mass is 274 g/mol. The number of amidine groups is 1. The summed E-state index contributed by atoms with van der Waals surface area (Å²) in [5.41, 5.74) is 5.74. The van der Waals surface area contributed by atoms with Gasteiger partial charge in [-0.2, -0.15) is 0 Å². The van der Waals surface area contributed by atoms with E-state index in [1.807, 2.05) is 0 Å². The van der Waals surface area contributed by atoms with Gasteiger partial charge in [0.15, 0.2) is 11.6 Å². The number of aromatic nitrogens is 1. The number of nitrogens with zero attached hydrogens (tertiary/aromatic N) is 3. The maximum absolute atomic E-state index is 10.7. The molecule has 1 aromatic heterocycles. The molecule has 0 saturated heterocycles. The fourth-order valence-corrected chi connectivity index (χ4v) is 1.51. The van der Waals surface area contributed by atoms with Crippen molar-refractivity contribution in [3.63, 3.8) is 0 Å². The zero-order chi connectivity index (χ0) is 14.5. The van der Waals surface area contributed by atoms with Crippen molar-refractivity contribution in [2.75, 3.05) is 0 Å². The van der Waals surface area contributed by atoms with Crippen molar-refractivity contribution in [3.05, 3.63) is 58.4 Å². The molecule has 1 heterocycles. The average molecular weight is 274 g/mol. The van der Waals surface area contributed by atoms with Gasteiger partial charge in [0.2, 0.25) is 0 Å². The number of benzene rings is 1. The number of hydrogen-bond acceptors (Lipinski definition) is 6. The number of nitro groups is 1. The van der Waals surface area contributed by atoms with Crippen LogP contribution in [-0.4, -0.2) is 21.0 Å². The van der Waals surface area contributed by atoms with Gasteiger partial charge in [-0.15, -0.1) is 0 Å². The minimum atomic E-state index is -0.527. The molecular formula is C12H10N4O4. The van der Waals surface area contributed by atoms with E-state index in [9.17, 15) is 10.1 Å². The Hall–Kier alpha value is -3.16. The second-order valence-electron chi connectivity index (χ2n) is 3.71. The Bertz CT molecular complexity index is 672. The fourth-order valence-electron chi connectivity index (χ4n) is 1.51. The first-order chi connectivity index (χ1) is 9.61. The van der Waals surface area contributed by atoms with Crippen LogP contribution >= 0.6 is 0 Å². The molecule has 20 heavy (non-hydrogen) atoms. The van der Waals surface area contributed by atoms with Crippen molar-refractivity contribution in [1.29, 1.82) is 0 Å². The summed E-state index contributed by atoms with van der Waals surface area (Å²) < 4.78 is 5.48. The Balaban J connectivity index is 2.35. The van der Waals surface area contributed by atoms with Gasteiger partial charge in [0.25, 0.3) is 5.69 Å². The summed E-state index contributed by atoms with van der Waals surface area (Å²) in [5.74, 6) is 0.329. The van der Waals surface area contributed by atoms with E-state index in [4.69, 9.17) is 15.7 Å². The molecule has 1 aromatic carbocycles. The minimum Gasteiger partial charge on any atom is -0.455 e. The fraction of sp³-hybridized carbons (Fsp3) is 0. The van der Waals surface area contributed by atoms with Crippen LogP contribution in [0.1, 0.15) is 5.56 Å². The Morgan fingerprint density at radius 3 is 2.95 bits per heavy atom. The standard InChI is InChI=1S/C12H10N4O4/c13-12(15-17)10-4-5-14-7-11(10)20-9-3-1-2-8(6-9)16(18)19/h1-7,17H,(H2,13,15). The third-order valence-corrected chi connectivity index (χ3v) is 2.42. The molecular weight excluding hydrogens is 264 g/mol. The third-order valence-electron chi connectivity index (χ3n) is 2.42. The van der Waals surface area contributed by atoms with E-state index in [0.29, 0.717) is 5.56 Å². The lowest BCUT2D eigenvalue weighted by Gasteiger charge is -2.09. The van der Waals surface area contributed by atoms with Gasteiger partial charge in [-0.25, -0.2) is 0 Å². The third kappa shape index (κ3) is 2.80. The van der Waals surface area contributed by atoms with Gasteiger partial charge in [-0.1, -0.05) is 11.2 Å². The van der Waals surface area contributed by atoms with Crippen LogP contribution in [0.25, 0.3) is 0 Å². The highest BCUT2D eigenvalue weighted by atomic mass is 16.6. The van der Waals surface area contributed by atoms with Crippen LogP contribution < -0.4 is 10.5 Å². The lowest BCUT2D eigenvalue weighted by Crippen LogP contribution is -2.14. The van der Waals surface area contributed by atoms with E-state index in [-0.39, 0.29) is 23.0 Å². The molecule has 0 radical (unpaired) electrons. The van der Waals surface area contributed by atoms with Gasteiger partial charge in [-0.05, 0) is 12.1 Å². The molecule has 0 atom stereocenters. The number of rotatable bonds is 4. The number of ether oxygens (including phenoxy) is 1. The molecule has 0 unspecified atom stereocenters. The van der Waals surface area contributed by atoms with Crippen molar-refractivity contribution < 1.29 is 14.9 Å². The molecule has 0 aliphatic rings. The SMILES string of the molecule is N/C(=N/O)c1ccncc1Oc1cccc([N+](=O)[O-])c1. The van der Waals surface area contributed by atoms with E-state index in [2.05, 4.69) is 10.1 Å². The van der Waals surface area contributed by atoms with Gasteiger partial charge >= 0.3 is 0 Å². The van der Waals surface area contributed by atoms with Gasteiger partial charge in [-0.3, -0.25) is 15.1 Å². The molecule has 2 rings (SSSR count). The molecule has 3 N–H and O–H groups in total. The summed E-state index contributed by atoms with van der Waals surface area (Å²) >= 11 is 0. The number of pyridine rings is 1. The molecule has 0 spiro atoms. The molecule has 0 aliphatic heterocycles. The Kier molecular flexibility index (Phi) is 3.75. The van der Waals surface area contributed by atoms with Crippen LogP contribution in [0.15, 0.2) is 47.9 Å². The maximum atomic E-state index is 10.7. The summed E-state index contributed by atoms with van der Waals surface area (Å²) in [5, 5.41) is 22.3. The van der Waals surface area contributed by atoms with Crippen LogP contribution in [0, 0.1) is 10.1 Å². The highest BCUT2D eigenvalue weighted by Crippen LogP contribution is 2.27. The Morgan fingerprint density at radius 1 is 1.45 bits per heavy atom. The highest BCUT2D eigenvalue weighted by molar-refractivity contribution is 5.99. The first kappa shape index (κ1) is 13.3. The van der Waals surface area contributed by atoms with E-state index < -0.39 is 4.92 Å². The van der Waals surface area contributed by atoms with Crippen LogP contribution in [-0.2, 0) is 0 Å². The van der Waals surface area contributed by atoms with Crippen molar-refractivity contribution in [2.24, 2.45) is 10.9 Å². The Morgan fingerprint density at radius 2 is 2.25 bits per heavy atom. The van der Waals surface area contributed by atoms with Crippen LogP contribution in [0.5, 0.6) is 11.5 Å². The van der Waals surface area contributed by atoms with Crippen LogP contribution in [0.2, 0.25) is 0 Å². The normalized spacial score (nSPS) is 11.1. The first-order valence-electron chi connectivity index (χ1n) is 5.46. The molecule has 0 bridgehead atoms. The zero-order valence-electron chi connectivity index (χ0n) is 10.1. The number of nitrogens with two attached hydrogens (primary N) is 1. The molecule has 0 saturated carbocycles. The molecule has 2 aromatic rings. The van der Waals surface area contributed by atoms with Gasteiger partial charge in [0.05, 0.1) is 22.7 Å². The largest absolute Gasteiger partial charge is 0.455 e. The molecule has 0 fully saturated rings. The lowest BCUT2D eigenvalue weighted by atomic mass is 10.2. The molecule has 0 aliphatic carbocycles.